The molecule has 1 aliphatic rings. The maximum absolute atomic E-state index is 5.69. The second-order valence-corrected chi connectivity index (χ2v) is 5.22. The summed E-state index contributed by atoms with van der Waals surface area (Å²) >= 11 is 0. The zero-order chi connectivity index (χ0) is 11.4. The van der Waals surface area contributed by atoms with Gasteiger partial charge >= 0.3 is 0 Å². The standard InChI is InChI=1S/C15H23N/c1-12-4-2-5-13(10-12)11-15-7-3-6-14(15)8-9-16/h2,4-5,10,14-15H,3,6-9,11,16H2,1H3. The van der Waals surface area contributed by atoms with Gasteiger partial charge in [-0.25, -0.2) is 0 Å². The van der Waals surface area contributed by atoms with Gasteiger partial charge < -0.3 is 5.73 Å². The van der Waals surface area contributed by atoms with E-state index in [0.717, 1.165) is 18.4 Å². The van der Waals surface area contributed by atoms with Gasteiger partial charge in [0.25, 0.3) is 0 Å². The number of hydrogen-bond acceptors (Lipinski definition) is 1. The van der Waals surface area contributed by atoms with Crippen molar-refractivity contribution >= 4 is 0 Å². The SMILES string of the molecule is Cc1cccc(CC2CCCC2CCN)c1. The molecule has 0 aliphatic heterocycles. The number of benzene rings is 1. The molecule has 1 aromatic carbocycles. The van der Waals surface area contributed by atoms with E-state index >= 15 is 0 Å². The molecule has 16 heavy (non-hydrogen) atoms. The summed E-state index contributed by atoms with van der Waals surface area (Å²) in [6, 6.07) is 8.95. The summed E-state index contributed by atoms with van der Waals surface area (Å²) in [5.41, 5.74) is 8.58. The van der Waals surface area contributed by atoms with E-state index in [0.29, 0.717) is 0 Å². The third-order valence-corrected chi connectivity index (χ3v) is 3.93. The predicted molar refractivity (Wildman–Crippen MR) is 69.4 cm³/mol. The first-order chi connectivity index (χ1) is 7.79. The lowest BCUT2D eigenvalue weighted by molar-refractivity contribution is 0.367. The van der Waals surface area contributed by atoms with Crippen LogP contribution in [0.4, 0.5) is 0 Å². The zero-order valence-corrected chi connectivity index (χ0v) is 10.3. The van der Waals surface area contributed by atoms with Gasteiger partial charge in [-0.15, -0.1) is 0 Å². The summed E-state index contributed by atoms with van der Waals surface area (Å²) in [5.74, 6) is 1.76. The number of rotatable bonds is 4. The molecule has 1 aromatic rings. The molecule has 2 rings (SSSR count). The largest absolute Gasteiger partial charge is 0.330 e. The van der Waals surface area contributed by atoms with Gasteiger partial charge in [-0.2, -0.15) is 0 Å². The molecular weight excluding hydrogens is 194 g/mol. The van der Waals surface area contributed by atoms with Crippen molar-refractivity contribution in [2.45, 2.75) is 39.0 Å². The van der Waals surface area contributed by atoms with E-state index in [1.807, 2.05) is 0 Å². The van der Waals surface area contributed by atoms with Crippen molar-refractivity contribution in [2.24, 2.45) is 17.6 Å². The zero-order valence-electron chi connectivity index (χ0n) is 10.3. The Morgan fingerprint density at radius 3 is 2.81 bits per heavy atom. The van der Waals surface area contributed by atoms with Crippen molar-refractivity contribution < 1.29 is 0 Å². The van der Waals surface area contributed by atoms with Gasteiger partial charge in [-0.3, -0.25) is 0 Å². The minimum Gasteiger partial charge on any atom is -0.330 e. The molecule has 0 amide bonds. The fraction of sp³-hybridized carbons (Fsp3) is 0.600. The second kappa shape index (κ2) is 5.49. The number of hydrogen-bond donors (Lipinski definition) is 1. The summed E-state index contributed by atoms with van der Waals surface area (Å²) in [5, 5.41) is 0. The van der Waals surface area contributed by atoms with Gasteiger partial charge in [0.1, 0.15) is 0 Å². The van der Waals surface area contributed by atoms with Crippen LogP contribution in [-0.2, 0) is 6.42 Å². The van der Waals surface area contributed by atoms with Gasteiger partial charge in [0.2, 0.25) is 0 Å². The van der Waals surface area contributed by atoms with Crippen molar-refractivity contribution in [1.29, 1.82) is 0 Å². The molecule has 1 nitrogen and oxygen atoms in total. The Bertz CT molecular complexity index is 332. The summed E-state index contributed by atoms with van der Waals surface area (Å²) in [7, 11) is 0. The van der Waals surface area contributed by atoms with Crippen LogP contribution in [0.15, 0.2) is 24.3 Å². The maximum Gasteiger partial charge on any atom is -0.00745 e. The lowest BCUT2D eigenvalue weighted by Gasteiger charge is -2.19. The molecule has 2 N–H and O–H groups in total. The van der Waals surface area contributed by atoms with Crippen LogP contribution < -0.4 is 5.73 Å². The molecule has 88 valence electrons. The lowest BCUT2D eigenvalue weighted by Crippen LogP contribution is -2.15. The Hall–Kier alpha value is -0.820. The molecular formula is C15H23N. The first kappa shape index (κ1) is 11.7. The highest BCUT2D eigenvalue weighted by atomic mass is 14.5. The normalized spacial score (nSPS) is 24.9. The van der Waals surface area contributed by atoms with Crippen LogP contribution in [0, 0.1) is 18.8 Å². The van der Waals surface area contributed by atoms with E-state index in [9.17, 15) is 0 Å². The Balaban J connectivity index is 1.98. The van der Waals surface area contributed by atoms with Gasteiger partial charge in [0, 0.05) is 0 Å². The molecule has 1 heteroatoms. The van der Waals surface area contributed by atoms with Crippen molar-refractivity contribution in [3.05, 3.63) is 35.4 Å². The van der Waals surface area contributed by atoms with Crippen LogP contribution in [-0.4, -0.2) is 6.54 Å². The molecule has 0 bridgehead atoms. The molecule has 0 heterocycles. The highest BCUT2D eigenvalue weighted by Crippen LogP contribution is 2.36. The van der Waals surface area contributed by atoms with E-state index in [-0.39, 0.29) is 0 Å². The fourth-order valence-corrected chi connectivity index (χ4v) is 3.12. The Morgan fingerprint density at radius 1 is 1.25 bits per heavy atom. The van der Waals surface area contributed by atoms with Crippen molar-refractivity contribution in [2.75, 3.05) is 6.54 Å². The minimum atomic E-state index is 0.856. The summed E-state index contributed by atoms with van der Waals surface area (Å²) in [6.07, 6.45) is 6.68. The summed E-state index contributed by atoms with van der Waals surface area (Å²) in [6.45, 7) is 3.03. The third kappa shape index (κ3) is 2.85. The molecule has 1 fully saturated rings. The second-order valence-electron chi connectivity index (χ2n) is 5.22. The first-order valence-electron chi connectivity index (χ1n) is 6.55. The average Bonchev–Trinajstić information content (AvgIpc) is 2.66. The van der Waals surface area contributed by atoms with Crippen molar-refractivity contribution in [3.63, 3.8) is 0 Å². The minimum absolute atomic E-state index is 0.856. The number of aryl methyl sites for hydroxylation is 1. The van der Waals surface area contributed by atoms with Crippen LogP contribution in [0.5, 0.6) is 0 Å². The molecule has 0 saturated heterocycles. The summed E-state index contributed by atoms with van der Waals surface area (Å²) in [4.78, 5) is 0. The highest BCUT2D eigenvalue weighted by Gasteiger charge is 2.26. The van der Waals surface area contributed by atoms with Gasteiger partial charge in [-0.05, 0) is 50.1 Å². The molecule has 0 radical (unpaired) electrons. The smallest absolute Gasteiger partial charge is 0.00745 e. The molecule has 2 unspecified atom stereocenters. The van der Waals surface area contributed by atoms with Crippen LogP contribution in [0.25, 0.3) is 0 Å². The molecule has 1 aliphatic carbocycles. The molecule has 0 spiro atoms. The van der Waals surface area contributed by atoms with Crippen molar-refractivity contribution in [1.82, 2.24) is 0 Å². The average molecular weight is 217 g/mol. The molecule has 2 atom stereocenters. The van der Waals surface area contributed by atoms with Gasteiger partial charge in [0.15, 0.2) is 0 Å². The number of nitrogens with two attached hydrogens (primary N) is 1. The Morgan fingerprint density at radius 2 is 2.06 bits per heavy atom. The highest BCUT2D eigenvalue weighted by molar-refractivity contribution is 5.22. The van der Waals surface area contributed by atoms with Gasteiger partial charge in [0.05, 0.1) is 0 Å². The third-order valence-electron chi connectivity index (χ3n) is 3.93. The predicted octanol–water partition coefficient (Wildman–Crippen LogP) is 3.30. The van der Waals surface area contributed by atoms with E-state index in [1.165, 1.54) is 43.2 Å². The van der Waals surface area contributed by atoms with Gasteiger partial charge in [-0.1, -0.05) is 42.7 Å². The topological polar surface area (TPSA) is 26.0 Å². The monoisotopic (exact) mass is 217 g/mol. The van der Waals surface area contributed by atoms with E-state index < -0.39 is 0 Å². The summed E-state index contributed by atoms with van der Waals surface area (Å²) < 4.78 is 0. The van der Waals surface area contributed by atoms with Crippen molar-refractivity contribution in [3.8, 4) is 0 Å². The Labute approximate surface area is 99.0 Å². The lowest BCUT2D eigenvalue weighted by atomic mass is 9.87. The van der Waals surface area contributed by atoms with Crippen LogP contribution >= 0.6 is 0 Å². The van der Waals surface area contributed by atoms with Crippen LogP contribution in [0.1, 0.15) is 36.8 Å². The van der Waals surface area contributed by atoms with E-state index in [2.05, 4.69) is 31.2 Å². The first-order valence-corrected chi connectivity index (χ1v) is 6.55. The van der Waals surface area contributed by atoms with E-state index in [1.54, 1.807) is 0 Å². The molecule has 1 saturated carbocycles. The fourth-order valence-electron chi connectivity index (χ4n) is 3.12. The van der Waals surface area contributed by atoms with E-state index in [4.69, 9.17) is 5.73 Å². The van der Waals surface area contributed by atoms with Crippen LogP contribution in [0.2, 0.25) is 0 Å². The molecule has 0 aromatic heterocycles. The maximum atomic E-state index is 5.69. The van der Waals surface area contributed by atoms with Crippen LogP contribution in [0.3, 0.4) is 0 Å². The quantitative estimate of drug-likeness (QED) is 0.822. The Kier molecular flexibility index (Phi) is 4.00.